The molecular weight excluding hydrogens is 220 g/mol. The van der Waals surface area contributed by atoms with Crippen LogP contribution in [0.5, 0.6) is 0 Å². The molecule has 0 aliphatic rings. The minimum absolute atomic E-state index is 0.542. The second-order valence-electron chi connectivity index (χ2n) is 4.08. The lowest BCUT2D eigenvalue weighted by molar-refractivity contribution is 0.924. The van der Waals surface area contributed by atoms with E-state index in [2.05, 4.69) is 45.2 Å². The first-order chi connectivity index (χ1) is 7.08. The standard InChI is InChI=1S/C13H16S2/c1-8-5-12(7-14-8)10(3)13-6-9(2)15-11(13)4/h5-7,10H,1-4H3. The zero-order valence-electron chi connectivity index (χ0n) is 9.63. The molecule has 0 saturated heterocycles. The fourth-order valence-corrected chi connectivity index (χ4v) is 3.77. The molecule has 2 aromatic rings. The van der Waals surface area contributed by atoms with Crippen LogP contribution in [0.1, 0.15) is 38.6 Å². The van der Waals surface area contributed by atoms with Gasteiger partial charge in [0.15, 0.2) is 0 Å². The molecule has 0 amide bonds. The van der Waals surface area contributed by atoms with E-state index in [0.717, 1.165) is 0 Å². The minimum Gasteiger partial charge on any atom is -0.149 e. The maximum Gasteiger partial charge on any atom is 0.00803 e. The molecular formula is C13H16S2. The second-order valence-corrected chi connectivity index (χ2v) is 6.66. The average molecular weight is 236 g/mol. The first kappa shape index (κ1) is 10.9. The molecule has 80 valence electrons. The van der Waals surface area contributed by atoms with Gasteiger partial charge in [-0.05, 0) is 49.4 Å². The lowest BCUT2D eigenvalue weighted by Crippen LogP contribution is -1.93. The number of thiophene rings is 2. The van der Waals surface area contributed by atoms with Gasteiger partial charge in [0.25, 0.3) is 0 Å². The normalized spacial score (nSPS) is 13.1. The summed E-state index contributed by atoms with van der Waals surface area (Å²) in [5, 5.41) is 2.28. The van der Waals surface area contributed by atoms with E-state index in [9.17, 15) is 0 Å². The van der Waals surface area contributed by atoms with Crippen LogP contribution in [-0.4, -0.2) is 0 Å². The van der Waals surface area contributed by atoms with Gasteiger partial charge in [-0.1, -0.05) is 6.92 Å². The van der Waals surface area contributed by atoms with Crippen molar-refractivity contribution in [1.29, 1.82) is 0 Å². The van der Waals surface area contributed by atoms with Crippen LogP contribution in [0.4, 0.5) is 0 Å². The van der Waals surface area contributed by atoms with E-state index in [1.165, 1.54) is 25.8 Å². The van der Waals surface area contributed by atoms with Crippen LogP contribution in [0.3, 0.4) is 0 Å². The van der Waals surface area contributed by atoms with Gasteiger partial charge in [-0.15, -0.1) is 22.7 Å². The van der Waals surface area contributed by atoms with Crippen molar-refractivity contribution in [2.24, 2.45) is 0 Å². The van der Waals surface area contributed by atoms with Crippen LogP contribution in [0.25, 0.3) is 0 Å². The fraction of sp³-hybridized carbons (Fsp3) is 0.385. The van der Waals surface area contributed by atoms with Gasteiger partial charge in [0.05, 0.1) is 0 Å². The molecule has 1 atom stereocenters. The van der Waals surface area contributed by atoms with Gasteiger partial charge >= 0.3 is 0 Å². The van der Waals surface area contributed by atoms with Crippen molar-refractivity contribution < 1.29 is 0 Å². The molecule has 2 heterocycles. The van der Waals surface area contributed by atoms with Crippen LogP contribution < -0.4 is 0 Å². The van der Waals surface area contributed by atoms with Crippen molar-refractivity contribution in [1.82, 2.24) is 0 Å². The van der Waals surface area contributed by atoms with Crippen molar-refractivity contribution >= 4 is 22.7 Å². The van der Waals surface area contributed by atoms with E-state index >= 15 is 0 Å². The highest BCUT2D eigenvalue weighted by Gasteiger charge is 2.14. The summed E-state index contributed by atoms with van der Waals surface area (Å²) in [5.41, 5.74) is 2.95. The second kappa shape index (κ2) is 4.11. The van der Waals surface area contributed by atoms with Gasteiger partial charge in [0.1, 0.15) is 0 Å². The van der Waals surface area contributed by atoms with Crippen molar-refractivity contribution in [3.05, 3.63) is 43.3 Å². The van der Waals surface area contributed by atoms with E-state index in [1.54, 1.807) is 0 Å². The Balaban J connectivity index is 2.35. The average Bonchev–Trinajstić information content (AvgIpc) is 2.71. The lowest BCUT2D eigenvalue weighted by Gasteiger charge is -2.08. The van der Waals surface area contributed by atoms with Crippen molar-refractivity contribution in [2.75, 3.05) is 0 Å². The van der Waals surface area contributed by atoms with Crippen LogP contribution in [0.15, 0.2) is 17.5 Å². The zero-order valence-corrected chi connectivity index (χ0v) is 11.3. The molecule has 2 aromatic heterocycles. The Bertz CT molecular complexity index is 463. The fourth-order valence-electron chi connectivity index (χ4n) is 1.95. The van der Waals surface area contributed by atoms with Crippen molar-refractivity contribution in [2.45, 2.75) is 33.6 Å². The third-order valence-corrected chi connectivity index (χ3v) is 4.66. The highest BCUT2D eigenvalue weighted by Crippen LogP contribution is 2.33. The summed E-state index contributed by atoms with van der Waals surface area (Å²) in [7, 11) is 0. The molecule has 0 aliphatic heterocycles. The Labute approximate surface area is 99.6 Å². The highest BCUT2D eigenvalue weighted by atomic mass is 32.1. The van der Waals surface area contributed by atoms with E-state index in [1.807, 2.05) is 22.7 Å². The zero-order chi connectivity index (χ0) is 11.0. The van der Waals surface area contributed by atoms with E-state index in [-0.39, 0.29) is 0 Å². The summed E-state index contributed by atoms with van der Waals surface area (Å²) in [6, 6.07) is 4.64. The highest BCUT2D eigenvalue weighted by molar-refractivity contribution is 7.12. The first-order valence-corrected chi connectivity index (χ1v) is 6.89. The molecule has 0 saturated carbocycles. The molecule has 0 N–H and O–H groups in total. The lowest BCUT2D eigenvalue weighted by atomic mass is 9.95. The molecule has 0 aliphatic carbocycles. The Morgan fingerprint density at radius 1 is 1.07 bits per heavy atom. The Morgan fingerprint density at radius 3 is 2.27 bits per heavy atom. The smallest absolute Gasteiger partial charge is 0.00803 e. The Kier molecular flexibility index (Phi) is 2.98. The SMILES string of the molecule is Cc1cc(C(C)c2cc(C)sc2C)cs1. The minimum atomic E-state index is 0.542. The topological polar surface area (TPSA) is 0 Å². The van der Waals surface area contributed by atoms with Crippen LogP contribution in [0.2, 0.25) is 0 Å². The molecule has 0 radical (unpaired) electrons. The van der Waals surface area contributed by atoms with Gasteiger partial charge in [-0.2, -0.15) is 0 Å². The van der Waals surface area contributed by atoms with Crippen molar-refractivity contribution in [3.8, 4) is 0 Å². The van der Waals surface area contributed by atoms with Crippen molar-refractivity contribution in [3.63, 3.8) is 0 Å². The summed E-state index contributed by atoms with van der Waals surface area (Å²) in [6.45, 7) is 8.89. The molecule has 0 bridgehead atoms. The van der Waals surface area contributed by atoms with Gasteiger partial charge in [-0.25, -0.2) is 0 Å². The number of aryl methyl sites for hydroxylation is 3. The summed E-state index contributed by atoms with van der Waals surface area (Å²) < 4.78 is 0. The predicted octanol–water partition coefficient (Wildman–Crippen LogP) is 4.89. The van der Waals surface area contributed by atoms with E-state index < -0.39 is 0 Å². The number of hydrogen-bond acceptors (Lipinski definition) is 2. The first-order valence-electron chi connectivity index (χ1n) is 5.20. The van der Waals surface area contributed by atoms with Gasteiger partial charge < -0.3 is 0 Å². The predicted molar refractivity (Wildman–Crippen MR) is 70.4 cm³/mol. The van der Waals surface area contributed by atoms with Crippen LogP contribution in [0, 0.1) is 20.8 Å². The molecule has 0 spiro atoms. The Morgan fingerprint density at radius 2 is 1.80 bits per heavy atom. The molecule has 0 aromatic carbocycles. The summed E-state index contributed by atoms with van der Waals surface area (Å²) in [5.74, 6) is 0.542. The summed E-state index contributed by atoms with van der Waals surface area (Å²) >= 11 is 3.75. The van der Waals surface area contributed by atoms with Gasteiger partial charge in [0, 0.05) is 20.5 Å². The number of rotatable bonds is 2. The van der Waals surface area contributed by atoms with Crippen LogP contribution >= 0.6 is 22.7 Å². The van der Waals surface area contributed by atoms with Crippen LogP contribution in [-0.2, 0) is 0 Å². The van der Waals surface area contributed by atoms with E-state index in [4.69, 9.17) is 0 Å². The largest absolute Gasteiger partial charge is 0.149 e. The maximum absolute atomic E-state index is 2.33. The molecule has 0 fully saturated rings. The Hall–Kier alpha value is -0.600. The quantitative estimate of drug-likeness (QED) is 0.696. The number of hydrogen-bond donors (Lipinski definition) is 0. The van der Waals surface area contributed by atoms with E-state index in [0.29, 0.717) is 5.92 Å². The molecule has 15 heavy (non-hydrogen) atoms. The third kappa shape index (κ3) is 2.16. The van der Waals surface area contributed by atoms with Gasteiger partial charge in [0.2, 0.25) is 0 Å². The molecule has 2 heteroatoms. The maximum atomic E-state index is 2.33. The summed E-state index contributed by atoms with van der Waals surface area (Å²) in [4.78, 5) is 4.28. The monoisotopic (exact) mass is 236 g/mol. The molecule has 1 unspecified atom stereocenters. The third-order valence-electron chi connectivity index (χ3n) is 2.80. The molecule has 0 nitrogen and oxygen atoms in total. The summed E-state index contributed by atoms with van der Waals surface area (Å²) in [6.07, 6.45) is 0. The van der Waals surface area contributed by atoms with Gasteiger partial charge in [-0.3, -0.25) is 0 Å². The molecule has 2 rings (SSSR count).